The lowest BCUT2D eigenvalue weighted by atomic mass is 9.81. The van der Waals surface area contributed by atoms with Crippen molar-refractivity contribution in [2.24, 2.45) is 29.6 Å². The zero-order valence-corrected chi connectivity index (χ0v) is 17.4. The molecule has 2 aliphatic carbocycles. The van der Waals surface area contributed by atoms with Gasteiger partial charge in [0.1, 0.15) is 5.82 Å². The van der Waals surface area contributed by atoms with Gasteiger partial charge in [-0.25, -0.2) is 4.98 Å². The summed E-state index contributed by atoms with van der Waals surface area (Å²) in [6.07, 6.45) is 8.21. The molecule has 2 unspecified atom stereocenters. The van der Waals surface area contributed by atoms with Crippen LogP contribution in [0.15, 0.2) is 42.5 Å². The fourth-order valence-electron chi connectivity index (χ4n) is 5.59. The third kappa shape index (κ3) is 3.02. The van der Waals surface area contributed by atoms with Gasteiger partial charge >= 0.3 is 0 Å². The van der Waals surface area contributed by atoms with Crippen molar-refractivity contribution in [3.05, 3.63) is 53.9 Å². The fourth-order valence-corrected chi connectivity index (χ4v) is 5.59. The van der Waals surface area contributed by atoms with Crippen LogP contribution in [0.4, 0.5) is 0 Å². The molecule has 0 amide bonds. The monoisotopic (exact) mass is 363 g/mol. The van der Waals surface area contributed by atoms with E-state index in [2.05, 4.69) is 75.0 Å². The zero-order valence-electron chi connectivity index (χ0n) is 17.4. The van der Waals surface area contributed by atoms with E-state index in [1.165, 1.54) is 36.0 Å². The van der Waals surface area contributed by atoms with E-state index in [0.29, 0.717) is 5.92 Å². The Morgan fingerprint density at radius 2 is 2.15 bits per heavy atom. The Bertz CT molecular complexity index is 897. The molecule has 1 N–H and O–H groups in total. The van der Waals surface area contributed by atoms with E-state index in [9.17, 15) is 0 Å². The smallest absolute Gasteiger partial charge is 0.138 e. The first-order valence-corrected chi connectivity index (χ1v) is 10.5. The maximum Gasteiger partial charge on any atom is 0.138 e. The highest BCUT2D eigenvalue weighted by Crippen LogP contribution is 2.62. The van der Waals surface area contributed by atoms with Crippen LogP contribution in [0.5, 0.6) is 0 Å². The van der Waals surface area contributed by atoms with E-state index in [1.54, 1.807) is 0 Å². The molecule has 3 heteroatoms. The van der Waals surface area contributed by atoms with Crippen LogP contribution in [0.1, 0.15) is 58.3 Å². The summed E-state index contributed by atoms with van der Waals surface area (Å²) in [6, 6.07) is 4.23. The van der Waals surface area contributed by atoms with Crippen LogP contribution in [0, 0.1) is 36.5 Å². The molecule has 0 radical (unpaired) electrons. The zero-order chi connectivity index (χ0) is 19.3. The van der Waals surface area contributed by atoms with Gasteiger partial charge in [-0.15, -0.1) is 5.73 Å². The molecule has 0 saturated heterocycles. The second-order valence-corrected chi connectivity index (χ2v) is 9.47. The van der Waals surface area contributed by atoms with Crippen molar-refractivity contribution >= 4 is 5.52 Å². The van der Waals surface area contributed by atoms with E-state index in [1.807, 2.05) is 6.20 Å². The molecule has 2 fully saturated rings. The number of nitrogens with zero attached hydrogens (tertiary/aromatic N) is 2. The highest BCUT2D eigenvalue weighted by molar-refractivity contribution is 5.53. The molecule has 2 saturated carbocycles. The Balaban J connectivity index is 1.60. The second-order valence-electron chi connectivity index (χ2n) is 9.47. The quantitative estimate of drug-likeness (QED) is 0.715. The van der Waals surface area contributed by atoms with Gasteiger partial charge in [0.25, 0.3) is 0 Å². The molecule has 4 rings (SSSR count). The molecule has 4 atom stereocenters. The predicted octanol–water partition coefficient (Wildman–Crippen LogP) is 5.45. The van der Waals surface area contributed by atoms with Gasteiger partial charge < -0.3 is 9.72 Å². The van der Waals surface area contributed by atoms with Gasteiger partial charge in [0.15, 0.2) is 0 Å². The van der Waals surface area contributed by atoms with Crippen LogP contribution in [-0.2, 0) is 5.54 Å². The molecule has 3 nitrogen and oxygen atoms in total. The van der Waals surface area contributed by atoms with E-state index in [0.717, 1.165) is 29.5 Å². The Morgan fingerprint density at radius 3 is 2.85 bits per heavy atom. The van der Waals surface area contributed by atoms with Crippen molar-refractivity contribution < 1.29 is 0 Å². The first kappa shape index (κ1) is 18.4. The molecule has 144 valence electrons. The van der Waals surface area contributed by atoms with Crippen LogP contribution in [-0.4, -0.2) is 9.38 Å². The Kier molecular flexibility index (Phi) is 4.47. The van der Waals surface area contributed by atoms with Gasteiger partial charge in [-0.2, -0.15) is 0 Å². The van der Waals surface area contributed by atoms with E-state index in [4.69, 9.17) is 4.98 Å². The largest absolute Gasteiger partial charge is 0.370 e. The minimum atomic E-state index is -0.278. The summed E-state index contributed by atoms with van der Waals surface area (Å²) in [7, 11) is 0. The molecule has 2 heterocycles. The van der Waals surface area contributed by atoms with Crippen LogP contribution in [0.2, 0.25) is 0 Å². The number of aromatic nitrogens is 2. The maximum atomic E-state index is 4.77. The lowest BCUT2D eigenvalue weighted by Crippen LogP contribution is -2.38. The Labute approximate surface area is 163 Å². The third-order valence-electron chi connectivity index (χ3n) is 6.97. The summed E-state index contributed by atoms with van der Waals surface area (Å²) in [6.45, 7) is 15.4. The van der Waals surface area contributed by atoms with Crippen LogP contribution < -0.4 is 5.32 Å². The predicted molar refractivity (Wildman–Crippen MR) is 111 cm³/mol. The molecule has 2 aromatic heterocycles. The highest BCUT2D eigenvalue weighted by atomic mass is 15.1. The summed E-state index contributed by atoms with van der Waals surface area (Å²) < 4.78 is 2.21. The Hall–Kier alpha value is -1.99. The average Bonchev–Trinajstić information content (AvgIpc) is 3.18. The SMILES string of the molecule is C=C=C(NC(C)(C)c1ncc2c(C)cccn12)[C@@H]1C2CCCC(C(C)C)[C@H]21. The molecule has 0 bridgehead atoms. The first-order valence-electron chi connectivity index (χ1n) is 10.5. The van der Waals surface area contributed by atoms with Gasteiger partial charge in [0.05, 0.1) is 22.9 Å². The van der Waals surface area contributed by atoms with E-state index < -0.39 is 0 Å². The first-order chi connectivity index (χ1) is 12.8. The van der Waals surface area contributed by atoms with Gasteiger partial charge in [-0.3, -0.25) is 0 Å². The number of nitrogens with one attached hydrogen (secondary N) is 1. The maximum absolute atomic E-state index is 4.77. The lowest BCUT2D eigenvalue weighted by Gasteiger charge is -2.28. The van der Waals surface area contributed by atoms with E-state index in [-0.39, 0.29) is 5.54 Å². The summed E-state index contributed by atoms with van der Waals surface area (Å²) in [5.41, 5.74) is 6.62. The average molecular weight is 364 g/mol. The molecular formula is C24H33N3. The number of aryl methyl sites for hydroxylation is 1. The number of rotatable bonds is 5. The van der Waals surface area contributed by atoms with Crippen molar-refractivity contribution in [3.63, 3.8) is 0 Å². The minimum absolute atomic E-state index is 0.278. The van der Waals surface area contributed by atoms with Gasteiger partial charge in [-0.1, -0.05) is 32.9 Å². The van der Waals surface area contributed by atoms with Crippen molar-refractivity contribution in [2.75, 3.05) is 0 Å². The van der Waals surface area contributed by atoms with Gasteiger partial charge in [0.2, 0.25) is 0 Å². The van der Waals surface area contributed by atoms with Crippen molar-refractivity contribution in [2.45, 2.75) is 59.4 Å². The molecule has 2 aromatic rings. The number of hydrogen-bond acceptors (Lipinski definition) is 2. The number of allylic oxidation sites excluding steroid dienone is 1. The van der Waals surface area contributed by atoms with Gasteiger partial charge in [0, 0.05) is 12.1 Å². The van der Waals surface area contributed by atoms with Crippen LogP contribution in [0.3, 0.4) is 0 Å². The molecular weight excluding hydrogens is 330 g/mol. The lowest BCUT2D eigenvalue weighted by molar-refractivity contribution is 0.256. The molecule has 0 aliphatic heterocycles. The Morgan fingerprint density at radius 1 is 1.37 bits per heavy atom. The van der Waals surface area contributed by atoms with Crippen LogP contribution in [0.25, 0.3) is 5.52 Å². The standard InChI is InChI=1S/C24H33N3/c1-7-19(22-18-12-8-11-17(15(2)3)21(18)22)26-24(5,6)23-25-14-20-16(4)10-9-13-27(20)23/h9-10,13-15,17-18,21-22,26H,1,8,11-12H2,2-6H3/t17?,18?,21-,22+/m1/s1. The molecule has 27 heavy (non-hydrogen) atoms. The van der Waals surface area contributed by atoms with Crippen molar-refractivity contribution in [3.8, 4) is 0 Å². The number of imidazole rings is 1. The number of hydrogen-bond donors (Lipinski definition) is 1. The van der Waals surface area contributed by atoms with E-state index >= 15 is 0 Å². The van der Waals surface area contributed by atoms with Crippen molar-refractivity contribution in [1.82, 2.24) is 14.7 Å². The summed E-state index contributed by atoms with van der Waals surface area (Å²) in [4.78, 5) is 4.77. The highest BCUT2D eigenvalue weighted by Gasteiger charge is 2.57. The van der Waals surface area contributed by atoms with Gasteiger partial charge in [-0.05, 0) is 68.9 Å². The second kappa shape index (κ2) is 6.56. The molecule has 0 aromatic carbocycles. The summed E-state index contributed by atoms with van der Waals surface area (Å²) >= 11 is 0. The topological polar surface area (TPSA) is 29.3 Å². The third-order valence-corrected chi connectivity index (χ3v) is 6.97. The number of pyridine rings is 1. The van der Waals surface area contributed by atoms with Crippen LogP contribution >= 0.6 is 0 Å². The normalized spacial score (nSPS) is 27.3. The fraction of sp³-hybridized carbons (Fsp3) is 0.583. The molecule has 0 spiro atoms. The summed E-state index contributed by atoms with van der Waals surface area (Å²) in [5.74, 6) is 4.88. The molecule has 2 aliphatic rings. The minimum Gasteiger partial charge on any atom is -0.370 e. The van der Waals surface area contributed by atoms with Crippen molar-refractivity contribution in [1.29, 1.82) is 0 Å². The number of fused-ring (bicyclic) bond motifs is 2. The summed E-state index contributed by atoms with van der Waals surface area (Å²) in [5, 5.41) is 3.79.